The van der Waals surface area contributed by atoms with E-state index in [0.29, 0.717) is 5.56 Å². The van der Waals surface area contributed by atoms with E-state index in [-0.39, 0.29) is 19.8 Å². The maximum atomic E-state index is 13.1. The lowest BCUT2D eigenvalue weighted by atomic mass is 9.97. The first-order chi connectivity index (χ1) is 23.4. The molecule has 0 radical (unpaired) electrons. The van der Waals surface area contributed by atoms with Gasteiger partial charge in [0.05, 0.1) is 6.61 Å². The van der Waals surface area contributed by atoms with E-state index < -0.39 is 74.2 Å². The molecule has 2 saturated heterocycles. The molecular formula is C34H36N2O12. The van der Waals surface area contributed by atoms with Crippen LogP contribution in [0.3, 0.4) is 0 Å². The maximum absolute atomic E-state index is 13.1. The Hall–Kier alpha value is -5.02. The first-order valence-electron chi connectivity index (χ1n) is 15.2. The molecule has 0 aliphatic carbocycles. The summed E-state index contributed by atoms with van der Waals surface area (Å²) in [4.78, 5) is 50.5. The molecule has 2 heterocycles. The van der Waals surface area contributed by atoms with Gasteiger partial charge >= 0.3 is 24.1 Å². The van der Waals surface area contributed by atoms with Crippen LogP contribution in [-0.4, -0.2) is 81.6 Å². The third-order valence-electron chi connectivity index (χ3n) is 7.30. The van der Waals surface area contributed by atoms with Crippen LogP contribution in [0.2, 0.25) is 0 Å². The average Bonchev–Trinajstić information content (AvgIpc) is 3.13. The van der Waals surface area contributed by atoms with Gasteiger partial charge in [-0.3, -0.25) is 9.59 Å². The Morgan fingerprint density at radius 3 is 1.71 bits per heavy atom. The van der Waals surface area contributed by atoms with E-state index in [4.69, 9.17) is 37.9 Å². The molecule has 3 aromatic rings. The quantitative estimate of drug-likeness (QED) is 0.215. The Kier molecular flexibility index (Phi) is 12.3. The summed E-state index contributed by atoms with van der Waals surface area (Å²) >= 11 is 0. The van der Waals surface area contributed by atoms with Crippen LogP contribution in [0.4, 0.5) is 9.59 Å². The SMILES string of the molecule is CO[C@H]1O[C@H]2CO[C@H](c3ccccc3)O[C@@H]2[C@H](OC(=O)CNC(=O)OCc2ccccc2)[C@@H]1OC(=O)CNC(=O)OCc1ccccc1. The van der Waals surface area contributed by atoms with Crippen molar-refractivity contribution in [2.24, 2.45) is 0 Å². The highest BCUT2D eigenvalue weighted by Gasteiger charge is 2.54. The van der Waals surface area contributed by atoms with E-state index in [2.05, 4.69) is 10.6 Å². The van der Waals surface area contributed by atoms with Gasteiger partial charge in [-0.05, 0) is 11.1 Å². The molecule has 14 heteroatoms. The number of ether oxygens (including phenoxy) is 8. The van der Waals surface area contributed by atoms with Crippen LogP contribution in [0.1, 0.15) is 23.0 Å². The van der Waals surface area contributed by atoms with Crippen molar-refractivity contribution in [3.63, 3.8) is 0 Å². The van der Waals surface area contributed by atoms with Gasteiger partial charge in [0, 0.05) is 12.7 Å². The van der Waals surface area contributed by atoms with Crippen molar-refractivity contribution in [1.29, 1.82) is 0 Å². The molecule has 3 aromatic carbocycles. The van der Waals surface area contributed by atoms with Crippen molar-refractivity contribution in [2.75, 3.05) is 26.8 Å². The normalized spacial score (nSPS) is 23.1. The summed E-state index contributed by atoms with van der Waals surface area (Å²) in [5.41, 5.74) is 2.23. The van der Waals surface area contributed by atoms with Gasteiger partial charge < -0.3 is 48.5 Å². The molecule has 0 spiro atoms. The second-order valence-corrected chi connectivity index (χ2v) is 10.7. The van der Waals surface area contributed by atoms with Gasteiger partial charge in [-0.1, -0.05) is 91.0 Å². The minimum atomic E-state index is -1.34. The van der Waals surface area contributed by atoms with Crippen LogP contribution in [0.15, 0.2) is 91.0 Å². The van der Waals surface area contributed by atoms with Crippen molar-refractivity contribution >= 4 is 24.1 Å². The lowest BCUT2D eigenvalue weighted by molar-refractivity contribution is -0.359. The Labute approximate surface area is 276 Å². The predicted molar refractivity (Wildman–Crippen MR) is 165 cm³/mol. The van der Waals surface area contributed by atoms with Gasteiger partial charge in [-0.25, -0.2) is 9.59 Å². The zero-order valence-electron chi connectivity index (χ0n) is 26.1. The van der Waals surface area contributed by atoms with Gasteiger partial charge in [0.15, 0.2) is 24.8 Å². The van der Waals surface area contributed by atoms with Crippen molar-refractivity contribution < 1.29 is 57.1 Å². The minimum Gasteiger partial charge on any atom is -0.454 e. The lowest BCUT2D eigenvalue weighted by Crippen LogP contribution is -2.64. The fourth-order valence-corrected chi connectivity index (χ4v) is 5.00. The monoisotopic (exact) mass is 664 g/mol. The molecule has 2 aliphatic rings. The van der Waals surface area contributed by atoms with E-state index in [9.17, 15) is 19.2 Å². The molecule has 48 heavy (non-hydrogen) atoms. The van der Waals surface area contributed by atoms with Crippen LogP contribution < -0.4 is 10.6 Å². The van der Waals surface area contributed by atoms with Crippen LogP contribution >= 0.6 is 0 Å². The Bertz CT molecular complexity index is 1490. The molecule has 0 bridgehead atoms. The molecule has 5 rings (SSSR count). The van der Waals surface area contributed by atoms with Crippen molar-refractivity contribution in [1.82, 2.24) is 10.6 Å². The topological polar surface area (TPSA) is 166 Å². The summed E-state index contributed by atoms with van der Waals surface area (Å²) in [5.74, 6) is -1.77. The average molecular weight is 665 g/mol. The van der Waals surface area contributed by atoms with Gasteiger partial charge in [0.25, 0.3) is 0 Å². The molecule has 0 unspecified atom stereocenters. The zero-order valence-corrected chi connectivity index (χ0v) is 26.1. The standard InChI is InChI=1S/C34H36N2O12/c1-41-32-30(47-27(38)18-36-34(40)44-20-23-13-7-3-8-14-23)29(28-25(45-32)21-42-31(48-28)24-15-9-4-10-16-24)46-26(37)17-35-33(39)43-19-22-11-5-2-6-12-22/h2-16,25,28-32H,17-21H2,1H3,(H,35,39)(H,36,40)/t25-,28-,29-,30-,31-,32-/m0/s1. The number of methoxy groups -OCH3 is 1. The number of hydrogen-bond donors (Lipinski definition) is 2. The van der Waals surface area contributed by atoms with Gasteiger partial charge in [0.2, 0.25) is 0 Å². The molecule has 2 amide bonds. The van der Waals surface area contributed by atoms with Crippen molar-refractivity contribution in [3.05, 3.63) is 108 Å². The van der Waals surface area contributed by atoms with Gasteiger partial charge in [-0.15, -0.1) is 0 Å². The largest absolute Gasteiger partial charge is 0.454 e. The number of carbonyl (C=O) groups is 4. The molecule has 2 N–H and O–H groups in total. The molecule has 2 aliphatic heterocycles. The molecule has 14 nitrogen and oxygen atoms in total. The van der Waals surface area contributed by atoms with E-state index in [1.54, 1.807) is 60.7 Å². The van der Waals surface area contributed by atoms with Crippen LogP contribution in [-0.2, 0) is 60.7 Å². The highest BCUT2D eigenvalue weighted by atomic mass is 16.8. The molecule has 0 saturated carbocycles. The van der Waals surface area contributed by atoms with E-state index in [0.717, 1.165) is 11.1 Å². The van der Waals surface area contributed by atoms with E-state index in [1.165, 1.54) is 7.11 Å². The predicted octanol–water partition coefficient (Wildman–Crippen LogP) is 3.15. The zero-order chi connectivity index (χ0) is 33.7. The highest BCUT2D eigenvalue weighted by Crippen LogP contribution is 2.36. The summed E-state index contributed by atoms with van der Waals surface area (Å²) in [7, 11) is 1.32. The number of rotatable bonds is 12. The number of alkyl carbamates (subject to hydrolysis) is 2. The van der Waals surface area contributed by atoms with Crippen LogP contribution in [0.5, 0.6) is 0 Å². The Morgan fingerprint density at radius 1 is 0.688 bits per heavy atom. The molecule has 254 valence electrons. The number of nitrogens with one attached hydrogen (secondary N) is 2. The second-order valence-electron chi connectivity index (χ2n) is 10.7. The second kappa shape index (κ2) is 17.2. The Balaban J connectivity index is 1.23. The van der Waals surface area contributed by atoms with Gasteiger partial charge in [-0.2, -0.15) is 0 Å². The molecule has 6 atom stereocenters. The number of amides is 2. The number of esters is 2. The fraction of sp³-hybridized carbons (Fsp3) is 0.353. The van der Waals surface area contributed by atoms with Crippen LogP contribution in [0.25, 0.3) is 0 Å². The lowest BCUT2D eigenvalue weighted by Gasteiger charge is -2.47. The minimum absolute atomic E-state index is 0.000847. The van der Waals surface area contributed by atoms with Crippen molar-refractivity contribution in [2.45, 2.75) is 50.2 Å². The van der Waals surface area contributed by atoms with E-state index >= 15 is 0 Å². The summed E-state index contributed by atoms with van der Waals surface area (Å²) in [6.45, 7) is -1.09. The van der Waals surface area contributed by atoms with Crippen LogP contribution in [0, 0.1) is 0 Å². The van der Waals surface area contributed by atoms with E-state index in [1.807, 2.05) is 30.3 Å². The number of fused-ring (bicyclic) bond motifs is 1. The summed E-state index contributed by atoms with van der Waals surface area (Å²) in [6, 6.07) is 27.1. The summed E-state index contributed by atoms with van der Waals surface area (Å²) in [5, 5.41) is 4.69. The highest BCUT2D eigenvalue weighted by molar-refractivity contribution is 5.79. The summed E-state index contributed by atoms with van der Waals surface area (Å²) in [6.07, 6.45) is -8.10. The number of hydrogen-bond acceptors (Lipinski definition) is 12. The Morgan fingerprint density at radius 2 is 1.19 bits per heavy atom. The van der Waals surface area contributed by atoms with Crippen molar-refractivity contribution in [3.8, 4) is 0 Å². The summed E-state index contributed by atoms with van der Waals surface area (Å²) < 4.78 is 45.3. The molecule has 2 fully saturated rings. The number of benzene rings is 3. The third-order valence-corrected chi connectivity index (χ3v) is 7.30. The fourth-order valence-electron chi connectivity index (χ4n) is 5.00. The maximum Gasteiger partial charge on any atom is 0.407 e. The molecular weight excluding hydrogens is 628 g/mol. The first-order valence-corrected chi connectivity index (χ1v) is 15.2. The third kappa shape index (κ3) is 9.75. The van der Waals surface area contributed by atoms with Gasteiger partial charge in [0.1, 0.15) is 38.5 Å². The first kappa shape index (κ1) is 34.3. The number of carbonyl (C=O) groups excluding carboxylic acids is 4. The smallest absolute Gasteiger partial charge is 0.407 e. The molecule has 0 aromatic heterocycles.